The maximum Gasteiger partial charge on any atom is 0.243 e. The van der Waals surface area contributed by atoms with E-state index in [0.717, 1.165) is 4.47 Å². The van der Waals surface area contributed by atoms with E-state index in [9.17, 15) is 16.8 Å². The third kappa shape index (κ3) is 3.72. The Bertz CT molecular complexity index is 729. The van der Waals surface area contributed by atoms with Gasteiger partial charge >= 0.3 is 0 Å². The van der Waals surface area contributed by atoms with E-state index in [2.05, 4.69) is 15.9 Å². The van der Waals surface area contributed by atoms with E-state index in [0.29, 0.717) is 12.8 Å². The Morgan fingerprint density at radius 3 is 2.36 bits per heavy atom. The molecule has 1 heterocycles. The Hall–Kier alpha value is -0.440. The Labute approximate surface area is 140 Å². The maximum atomic E-state index is 13.0. The van der Waals surface area contributed by atoms with Crippen molar-refractivity contribution in [2.24, 2.45) is 0 Å². The van der Waals surface area contributed by atoms with Gasteiger partial charge in [-0.25, -0.2) is 16.8 Å². The summed E-state index contributed by atoms with van der Waals surface area (Å²) in [5.74, 6) is -0.0342. The molecule has 0 N–H and O–H groups in total. The summed E-state index contributed by atoms with van der Waals surface area (Å²) < 4.78 is 51.6. The van der Waals surface area contributed by atoms with Crippen molar-refractivity contribution in [1.82, 2.24) is 4.31 Å². The number of sulfone groups is 1. The van der Waals surface area contributed by atoms with Crippen LogP contribution in [-0.2, 0) is 19.9 Å². The highest BCUT2D eigenvalue weighted by Crippen LogP contribution is 2.28. The summed E-state index contributed by atoms with van der Waals surface area (Å²) in [6.07, 6.45) is 0.995. The first-order valence-corrected chi connectivity index (χ1v) is 11.2. The van der Waals surface area contributed by atoms with Crippen LogP contribution in [0.2, 0.25) is 0 Å². The van der Waals surface area contributed by atoms with Gasteiger partial charge in [0.25, 0.3) is 0 Å². The number of rotatable bonds is 5. The van der Waals surface area contributed by atoms with Crippen molar-refractivity contribution in [1.29, 1.82) is 0 Å². The summed E-state index contributed by atoms with van der Waals surface area (Å²) in [5.41, 5.74) is 0. The van der Waals surface area contributed by atoms with E-state index in [-0.39, 0.29) is 22.4 Å². The number of benzene rings is 1. The second kappa shape index (κ2) is 6.59. The zero-order valence-electron chi connectivity index (χ0n) is 12.6. The highest BCUT2D eigenvalue weighted by Gasteiger charge is 2.40. The SMILES string of the molecule is CC[C@@H](C)N([C@@H]1CCS(=O)(=O)C1)S(=O)(=O)c1ccc(Br)cc1. The molecule has 2 rings (SSSR count). The fourth-order valence-corrected chi connectivity index (χ4v) is 6.67. The van der Waals surface area contributed by atoms with Gasteiger partial charge in [-0.05, 0) is 44.0 Å². The number of nitrogens with zero attached hydrogens (tertiary/aromatic N) is 1. The molecule has 2 atom stereocenters. The third-order valence-electron chi connectivity index (χ3n) is 3.98. The molecule has 0 bridgehead atoms. The third-order valence-corrected chi connectivity index (χ3v) is 8.34. The van der Waals surface area contributed by atoms with Gasteiger partial charge in [0.2, 0.25) is 10.0 Å². The van der Waals surface area contributed by atoms with E-state index in [1.165, 1.54) is 16.4 Å². The van der Waals surface area contributed by atoms with Gasteiger partial charge < -0.3 is 0 Å². The molecule has 1 aliphatic rings. The predicted octanol–water partition coefficient (Wildman–Crippen LogP) is 2.43. The molecular formula is C14H20BrNO4S2. The van der Waals surface area contributed by atoms with Crippen LogP contribution in [0.5, 0.6) is 0 Å². The van der Waals surface area contributed by atoms with Crippen molar-refractivity contribution in [2.75, 3.05) is 11.5 Å². The summed E-state index contributed by atoms with van der Waals surface area (Å²) in [6, 6.07) is 5.71. The van der Waals surface area contributed by atoms with Crippen LogP contribution in [0.4, 0.5) is 0 Å². The average Bonchev–Trinajstić information content (AvgIpc) is 2.78. The molecule has 1 fully saturated rings. The molecule has 1 aromatic rings. The van der Waals surface area contributed by atoms with Crippen molar-refractivity contribution < 1.29 is 16.8 Å². The normalized spacial score (nSPS) is 22.8. The zero-order chi connectivity index (χ0) is 16.5. The Kier molecular flexibility index (Phi) is 5.36. The van der Waals surface area contributed by atoms with Gasteiger partial charge in [0.15, 0.2) is 9.84 Å². The standard InChI is InChI=1S/C14H20BrNO4S2/c1-3-11(2)16(13-8-9-21(17,18)10-13)22(19,20)14-6-4-12(15)5-7-14/h4-7,11,13H,3,8-10H2,1-2H3/t11-,13-/m1/s1. The molecule has 1 aromatic carbocycles. The Morgan fingerprint density at radius 1 is 1.32 bits per heavy atom. The first-order valence-electron chi connectivity index (χ1n) is 7.17. The highest BCUT2D eigenvalue weighted by molar-refractivity contribution is 9.10. The molecule has 22 heavy (non-hydrogen) atoms. The van der Waals surface area contributed by atoms with Crippen molar-refractivity contribution >= 4 is 35.8 Å². The highest BCUT2D eigenvalue weighted by atomic mass is 79.9. The van der Waals surface area contributed by atoms with Gasteiger partial charge in [-0.1, -0.05) is 22.9 Å². The van der Waals surface area contributed by atoms with Crippen LogP contribution in [0.1, 0.15) is 26.7 Å². The predicted molar refractivity (Wildman–Crippen MR) is 90.0 cm³/mol. The van der Waals surface area contributed by atoms with Gasteiger partial charge in [0.05, 0.1) is 16.4 Å². The van der Waals surface area contributed by atoms with E-state index in [1.54, 1.807) is 12.1 Å². The van der Waals surface area contributed by atoms with Gasteiger partial charge in [0.1, 0.15) is 0 Å². The zero-order valence-corrected chi connectivity index (χ0v) is 15.8. The van der Waals surface area contributed by atoms with Crippen LogP contribution in [0.15, 0.2) is 33.6 Å². The quantitative estimate of drug-likeness (QED) is 0.748. The van der Waals surface area contributed by atoms with Crippen molar-refractivity contribution in [3.8, 4) is 0 Å². The minimum absolute atomic E-state index is 0.0560. The molecule has 1 saturated heterocycles. The van der Waals surface area contributed by atoms with E-state index < -0.39 is 25.9 Å². The van der Waals surface area contributed by atoms with Gasteiger partial charge in [-0.3, -0.25) is 0 Å². The first-order chi connectivity index (χ1) is 10.2. The van der Waals surface area contributed by atoms with Crippen molar-refractivity contribution in [3.63, 3.8) is 0 Å². The summed E-state index contributed by atoms with van der Waals surface area (Å²) in [6.45, 7) is 3.72. The number of hydrogen-bond acceptors (Lipinski definition) is 4. The maximum absolute atomic E-state index is 13.0. The van der Waals surface area contributed by atoms with Crippen LogP contribution in [0.3, 0.4) is 0 Å². The second-order valence-corrected chi connectivity index (χ2v) is 10.6. The molecule has 0 spiro atoms. The van der Waals surface area contributed by atoms with Gasteiger partial charge in [0, 0.05) is 16.6 Å². The van der Waals surface area contributed by atoms with E-state index in [4.69, 9.17) is 0 Å². The first kappa shape index (κ1) is 17.9. The summed E-state index contributed by atoms with van der Waals surface area (Å²) in [7, 11) is -6.86. The minimum Gasteiger partial charge on any atom is -0.229 e. The lowest BCUT2D eigenvalue weighted by Gasteiger charge is -2.32. The van der Waals surface area contributed by atoms with Crippen molar-refractivity contribution in [2.45, 2.75) is 43.7 Å². The molecule has 124 valence electrons. The second-order valence-electron chi connectivity index (χ2n) is 5.60. The molecule has 0 amide bonds. The molecule has 8 heteroatoms. The number of halogens is 1. The number of hydrogen-bond donors (Lipinski definition) is 0. The molecule has 0 radical (unpaired) electrons. The van der Waals surface area contributed by atoms with Gasteiger partial charge in [-0.2, -0.15) is 4.31 Å². The Balaban J connectivity index is 2.43. The molecule has 0 aromatic heterocycles. The monoisotopic (exact) mass is 409 g/mol. The van der Waals surface area contributed by atoms with Crippen LogP contribution in [0, 0.1) is 0 Å². The summed E-state index contributed by atoms with van der Waals surface area (Å²) in [4.78, 5) is 0.195. The lowest BCUT2D eigenvalue weighted by molar-refractivity contribution is 0.271. The van der Waals surface area contributed by atoms with E-state index >= 15 is 0 Å². The topological polar surface area (TPSA) is 71.5 Å². The molecule has 0 saturated carbocycles. The fourth-order valence-electron chi connectivity index (χ4n) is 2.68. The molecule has 5 nitrogen and oxygen atoms in total. The van der Waals surface area contributed by atoms with Crippen LogP contribution in [0.25, 0.3) is 0 Å². The lowest BCUT2D eigenvalue weighted by atomic mass is 10.2. The number of sulfonamides is 1. The van der Waals surface area contributed by atoms with E-state index in [1.807, 2.05) is 13.8 Å². The van der Waals surface area contributed by atoms with Crippen LogP contribution in [-0.4, -0.2) is 44.7 Å². The lowest BCUT2D eigenvalue weighted by Crippen LogP contribution is -2.46. The molecule has 1 aliphatic heterocycles. The summed E-state index contributed by atoms with van der Waals surface area (Å²) >= 11 is 3.29. The molecule has 0 unspecified atom stereocenters. The molecule has 0 aliphatic carbocycles. The average molecular weight is 410 g/mol. The van der Waals surface area contributed by atoms with Crippen LogP contribution < -0.4 is 0 Å². The molecular weight excluding hydrogens is 390 g/mol. The fraction of sp³-hybridized carbons (Fsp3) is 0.571. The van der Waals surface area contributed by atoms with Gasteiger partial charge in [-0.15, -0.1) is 0 Å². The largest absolute Gasteiger partial charge is 0.243 e. The van der Waals surface area contributed by atoms with Crippen molar-refractivity contribution in [3.05, 3.63) is 28.7 Å². The van der Waals surface area contributed by atoms with Crippen LogP contribution >= 0.6 is 15.9 Å². The smallest absolute Gasteiger partial charge is 0.229 e. The Morgan fingerprint density at radius 2 is 1.91 bits per heavy atom. The minimum atomic E-state index is -3.71. The summed E-state index contributed by atoms with van der Waals surface area (Å²) in [5, 5.41) is 0.